The van der Waals surface area contributed by atoms with E-state index >= 15 is 0 Å². The van der Waals surface area contributed by atoms with Gasteiger partial charge in [-0.1, -0.05) is 0 Å². The molecule has 0 heterocycles. The first-order valence-electron chi connectivity index (χ1n) is 3.48. The molecule has 0 aromatic rings. The van der Waals surface area contributed by atoms with Gasteiger partial charge < -0.3 is 14.7 Å². The van der Waals surface area contributed by atoms with Crippen molar-refractivity contribution < 1.29 is 44.6 Å². The van der Waals surface area contributed by atoms with Crippen molar-refractivity contribution >= 4 is 35.6 Å². The van der Waals surface area contributed by atoms with E-state index in [-0.39, 0.29) is 0 Å². The summed E-state index contributed by atoms with van der Waals surface area (Å²) in [6, 6.07) is 0. The summed E-state index contributed by atoms with van der Waals surface area (Å²) in [7, 11) is -16.7. The molecule has 0 fully saturated rings. The molecule has 0 bridgehead atoms. The fourth-order valence-electron chi connectivity index (χ4n) is 0.410. The third-order valence-electron chi connectivity index (χ3n) is 0.527. The van der Waals surface area contributed by atoms with Crippen molar-refractivity contribution in [2.45, 2.75) is 0 Å². The van der Waals surface area contributed by atoms with Crippen LogP contribution in [0.1, 0.15) is 0 Å². The Kier molecular flexibility index (Phi) is 7.40. The predicted octanol–water partition coefficient (Wildman–Crippen LogP) is -2.35. The van der Waals surface area contributed by atoms with Crippen LogP contribution in [0.3, 0.4) is 0 Å². The average molecular weight is 350 g/mol. The summed E-state index contributed by atoms with van der Waals surface area (Å²) in [5.74, 6) is 0. The molecular formula is C2H12N2O10P2S2. The molecule has 0 spiro atoms. The van der Waals surface area contributed by atoms with Crippen molar-refractivity contribution in [3.05, 3.63) is 0 Å². The molecule has 112 valence electrons. The number of rotatable bonds is 4. The molecule has 0 amide bonds. The molecule has 6 N–H and O–H groups in total. The highest BCUT2D eigenvalue weighted by atomic mass is 32.2. The maximum absolute atomic E-state index is 10.0. The highest BCUT2D eigenvalue weighted by molar-refractivity contribution is 7.93. The lowest BCUT2D eigenvalue weighted by atomic mass is 12.0. The van der Waals surface area contributed by atoms with Crippen LogP contribution in [-0.2, 0) is 33.2 Å². The van der Waals surface area contributed by atoms with Gasteiger partial charge in [0.2, 0.25) is 10.0 Å². The standard InChI is InChI=1S/2CH6NO5PS/c1-9(5,6)7-8(2,3)4;1-9(6,7)2-8(3,4)5/h1H3,(H3,2,3,4);1H3,(H3,2,3,4,5). The SMILES string of the molecule is CS(=O)(=O)NP(=O)(O)O.CS(=O)(=O)OP(N)(=O)O. The van der Waals surface area contributed by atoms with Gasteiger partial charge in [-0.3, -0.25) is 0 Å². The minimum atomic E-state index is -4.63. The first-order valence-corrected chi connectivity index (χ1v) is 10.5. The second kappa shape index (κ2) is 6.52. The Labute approximate surface area is 103 Å². The van der Waals surface area contributed by atoms with Gasteiger partial charge in [0.25, 0.3) is 10.1 Å². The summed E-state index contributed by atoms with van der Waals surface area (Å²) in [5, 5.41) is 0. The number of hydrogen-bond donors (Lipinski definition) is 5. The molecule has 0 saturated heterocycles. The lowest BCUT2D eigenvalue weighted by molar-refractivity contribution is 0.367. The van der Waals surface area contributed by atoms with E-state index in [2.05, 4.69) is 9.47 Å². The second-order valence-electron chi connectivity index (χ2n) is 2.75. The summed E-state index contributed by atoms with van der Waals surface area (Å²) in [6.07, 6.45) is 1.29. The monoisotopic (exact) mass is 350 g/mol. The van der Waals surface area contributed by atoms with Crippen LogP contribution < -0.4 is 10.00 Å². The van der Waals surface area contributed by atoms with Crippen molar-refractivity contribution in [1.82, 2.24) is 4.49 Å². The Morgan fingerprint density at radius 1 is 1.06 bits per heavy atom. The van der Waals surface area contributed by atoms with Gasteiger partial charge in [-0.15, -0.1) is 4.49 Å². The zero-order valence-electron chi connectivity index (χ0n) is 8.99. The number of hydrogen-bond acceptors (Lipinski definition) is 7. The van der Waals surface area contributed by atoms with E-state index in [0.717, 1.165) is 4.49 Å². The molecule has 0 aliphatic rings. The van der Waals surface area contributed by atoms with Crippen LogP contribution in [0.5, 0.6) is 0 Å². The number of nitrogens with two attached hydrogens (primary N) is 1. The van der Waals surface area contributed by atoms with Gasteiger partial charge >= 0.3 is 15.5 Å². The van der Waals surface area contributed by atoms with E-state index in [0.29, 0.717) is 12.5 Å². The molecule has 0 aliphatic heterocycles. The van der Waals surface area contributed by atoms with Crippen molar-refractivity contribution in [2.24, 2.45) is 5.50 Å². The molecule has 0 rings (SSSR count). The third-order valence-corrected chi connectivity index (χ3v) is 4.74. The van der Waals surface area contributed by atoms with Crippen LogP contribution in [0.25, 0.3) is 0 Å². The first kappa shape index (κ1) is 20.4. The zero-order valence-corrected chi connectivity index (χ0v) is 12.4. The minimum absolute atomic E-state index is 0.628. The summed E-state index contributed by atoms with van der Waals surface area (Å²) in [6.45, 7) is 0. The molecule has 16 heteroatoms. The van der Waals surface area contributed by atoms with E-state index in [4.69, 9.17) is 14.7 Å². The Morgan fingerprint density at radius 2 is 1.39 bits per heavy atom. The van der Waals surface area contributed by atoms with Crippen molar-refractivity contribution in [1.29, 1.82) is 0 Å². The molecule has 1 atom stereocenters. The molecule has 12 nitrogen and oxygen atoms in total. The largest absolute Gasteiger partial charge is 0.415 e. The van der Waals surface area contributed by atoms with Crippen LogP contribution in [0.4, 0.5) is 0 Å². The number of sulfonamides is 1. The Morgan fingerprint density at radius 3 is 1.39 bits per heavy atom. The van der Waals surface area contributed by atoms with Gasteiger partial charge in [-0.2, -0.15) is 12.4 Å². The summed E-state index contributed by atoms with van der Waals surface area (Å²) in [4.78, 5) is 24.0. The van der Waals surface area contributed by atoms with Crippen LogP contribution >= 0.6 is 15.5 Å². The third kappa shape index (κ3) is 25.1. The molecular weight excluding hydrogens is 338 g/mol. The molecule has 0 aromatic heterocycles. The predicted molar refractivity (Wildman–Crippen MR) is 60.0 cm³/mol. The van der Waals surface area contributed by atoms with Crippen molar-refractivity contribution in [3.8, 4) is 0 Å². The molecule has 0 aromatic carbocycles. The molecule has 18 heavy (non-hydrogen) atoms. The fourth-order valence-corrected chi connectivity index (χ4v) is 3.69. The highest BCUT2D eigenvalue weighted by Gasteiger charge is 2.18. The number of nitrogens with one attached hydrogen (secondary N) is 1. The lowest BCUT2D eigenvalue weighted by Crippen LogP contribution is -2.17. The smallest absolute Gasteiger partial charge is 0.312 e. The van der Waals surface area contributed by atoms with Crippen LogP contribution in [0.2, 0.25) is 0 Å². The maximum Gasteiger partial charge on any atom is 0.415 e. The van der Waals surface area contributed by atoms with E-state index in [1.54, 1.807) is 0 Å². The minimum Gasteiger partial charge on any atom is -0.312 e. The van der Waals surface area contributed by atoms with Crippen molar-refractivity contribution in [2.75, 3.05) is 12.5 Å². The quantitative estimate of drug-likeness (QED) is 0.339. The van der Waals surface area contributed by atoms with E-state index in [1.807, 2.05) is 0 Å². The molecule has 1 unspecified atom stereocenters. The Bertz CT molecular complexity index is 499. The zero-order chi connectivity index (χ0) is 15.4. The first-order chi connectivity index (χ1) is 7.41. The summed E-state index contributed by atoms with van der Waals surface area (Å²) >= 11 is 0. The van der Waals surface area contributed by atoms with E-state index < -0.39 is 35.6 Å². The summed E-state index contributed by atoms with van der Waals surface area (Å²) < 4.78 is 64.5. The van der Waals surface area contributed by atoms with E-state index in [9.17, 15) is 26.0 Å². The van der Waals surface area contributed by atoms with E-state index in [1.165, 1.54) is 0 Å². The van der Waals surface area contributed by atoms with Crippen LogP contribution in [-0.4, -0.2) is 44.0 Å². The maximum atomic E-state index is 10.0. The van der Waals surface area contributed by atoms with Crippen LogP contribution in [0, 0.1) is 0 Å². The fraction of sp³-hybridized carbons (Fsp3) is 1.00. The van der Waals surface area contributed by atoms with Gasteiger partial charge in [0.05, 0.1) is 12.5 Å². The van der Waals surface area contributed by atoms with Crippen LogP contribution in [0.15, 0.2) is 0 Å². The van der Waals surface area contributed by atoms with Gasteiger partial charge in [-0.25, -0.2) is 23.1 Å². The van der Waals surface area contributed by atoms with Gasteiger partial charge in [0.1, 0.15) is 0 Å². The topological polar surface area (TPSA) is 210 Å². The summed E-state index contributed by atoms with van der Waals surface area (Å²) in [5.41, 5.74) is 4.33. The van der Waals surface area contributed by atoms with Gasteiger partial charge in [0, 0.05) is 0 Å². The van der Waals surface area contributed by atoms with Gasteiger partial charge in [-0.05, 0) is 0 Å². The van der Waals surface area contributed by atoms with Gasteiger partial charge in [0.15, 0.2) is 0 Å². The van der Waals surface area contributed by atoms with Crippen molar-refractivity contribution in [3.63, 3.8) is 0 Å². The average Bonchev–Trinajstić information content (AvgIpc) is 1.64. The normalized spacial score (nSPS) is 16.3. The molecule has 0 aliphatic carbocycles. The molecule has 0 radical (unpaired) electrons. The Hall–Kier alpha value is 0.120. The lowest BCUT2D eigenvalue weighted by Gasteiger charge is -2.01. The molecule has 0 saturated carbocycles. The second-order valence-corrected chi connectivity index (χ2v) is 9.25. The highest BCUT2D eigenvalue weighted by Crippen LogP contribution is 2.33. The Balaban J connectivity index is 0.